The van der Waals surface area contributed by atoms with E-state index in [1.54, 1.807) is 4.90 Å². The highest BCUT2D eigenvalue weighted by Gasteiger charge is 2.46. The van der Waals surface area contributed by atoms with Crippen LogP contribution in [0.25, 0.3) is 0 Å². The van der Waals surface area contributed by atoms with Gasteiger partial charge in [-0.05, 0) is 25.9 Å². The SMILES string of the molecule is CC(=O)OC(=O)N1CC2(CCNCC2)C1. The van der Waals surface area contributed by atoms with Gasteiger partial charge in [0.2, 0.25) is 0 Å². The molecule has 1 N–H and O–H groups in total. The van der Waals surface area contributed by atoms with Crippen molar-refractivity contribution < 1.29 is 14.3 Å². The second-order valence-electron chi connectivity index (χ2n) is 4.47. The van der Waals surface area contributed by atoms with E-state index in [-0.39, 0.29) is 0 Å². The minimum Gasteiger partial charge on any atom is -0.376 e. The van der Waals surface area contributed by atoms with E-state index in [1.807, 2.05) is 0 Å². The standard InChI is InChI=1S/C10H16N2O3/c1-8(13)15-9(14)12-6-10(7-12)2-4-11-5-3-10/h11H,2-7H2,1H3. The summed E-state index contributed by atoms with van der Waals surface area (Å²) in [5.41, 5.74) is 0.293. The van der Waals surface area contributed by atoms with Crippen LogP contribution in [-0.4, -0.2) is 43.1 Å². The lowest BCUT2D eigenvalue weighted by Gasteiger charge is -2.51. The first kappa shape index (κ1) is 10.4. The first-order chi connectivity index (χ1) is 7.11. The second-order valence-corrected chi connectivity index (χ2v) is 4.47. The van der Waals surface area contributed by atoms with Crippen LogP contribution in [0.4, 0.5) is 4.79 Å². The lowest BCUT2D eigenvalue weighted by molar-refractivity contribution is -0.137. The molecule has 0 bridgehead atoms. The Bertz CT molecular complexity index is 276. The molecule has 0 aromatic rings. The molecule has 0 aliphatic carbocycles. The lowest BCUT2D eigenvalue weighted by atomic mass is 9.73. The molecular weight excluding hydrogens is 196 g/mol. The summed E-state index contributed by atoms with van der Waals surface area (Å²) >= 11 is 0. The number of rotatable bonds is 0. The zero-order valence-electron chi connectivity index (χ0n) is 8.91. The average Bonchev–Trinajstić information content (AvgIpc) is 2.14. The van der Waals surface area contributed by atoms with Crippen LogP contribution in [0.5, 0.6) is 0 Å². The van der Waals surface area contributed by atoms with Crippen LogP contribution >= 0.6 is 0 Å². The van der Waals surface area contributed by atoms with E-state index in [4.69, 9.17) is 0 Å². The minimum absolute atomic E-state index is 0.293. The van der Waals surface area contributed by atoms with Crippen molar-refractivity contribution >= 4 is 12.1 Å². The van der Waals surface area contributed by atoms with Gasteiger partial charge in [-0.15, -0.1) is 0 Å². The summed E-state index contributed by atoms with van der Waals surface area (Å²) in [6.45, 7) is 4.77. The van der Waals surface area contributed by atoms with Gasteiger partial charge < -0.3 is 15.0 Å². The fourth-order valence-electron chi connectivity index (χ4n) is 2.35. The number of piperidine rings is 1. The Hall–Kier alpha value is -1.10. The average molecular weight is 212 g/mol. The van der Waals surface area contributed by atoms with Crippen molar-refractivity contribution in [2.24, 2.45) is 5.41 Å². The van der Waals surface area contributed by atoms with Gasteiger partial charge in [0, 0.05) is 25.4 Å². The van der Waals surface area contributed by atoms with Crippen molar-refractivity contribution in [3.05, 3.63) is 0 Å². The Balaban J connectivity index is 1.81. The van der Waals surface area contributed by atoms with Crippen molar-refractivity contribution in [1.29, 1.82) is 0 Å². The number of amides is 1. The summed E-state index contributed by atoms with van der Waals surface area (Å²) < 4.78 is 4.52. The van der Waals surface area contributed by atoms with Gasteiger partial charge in [0.05, 0.1) is 0 Å². The van der Waals surface area contributed by atoms with Crippen LogP contribution in [0.1, 0.15) is 19.8 Å². The van der Waals surface area contributed by atoms with Crippen molar-refractivity contribution in [1.82, 2.24) is 10.2 Å². The number of hydrogen-bond donors (Lipinski definition) is 1. The van der Waals surface area contributed by atoms with Crippen molar-refractivity contribution in [3.63, 3.8) is 0 Å². The highest BCUT2D eigenvalue weighted by molar-refractivity contribution is 5.83. The predicted molar refractivity (Wildman–Crippen MR) is 53.3 cm³/mol. The van der Waals surface area contributed by atoms with Crippen molar-refractivity contribution in [2.45, 2.75) is 19.8 Å². The molecule has 84 valence electrons. The third kappa shape index (κ3) is 2.12. The molecule has 2 aliphatic rings. The minimum atomic E-state index is -0.536. The summed E-state index contributed by atoms with van der Waals surface area (Å²) in [6, 6.07) is 0. The fourth-order valence-corrected chi connectivity index (χ4v) is 2.35. The van der Waals surface area contributed by atoms with E-state index in [0.717, 1.165) is 39.0 Å². The highest BCUT2D eigenvalue weighted by atomic mass is 16.6. The second kappa shape index (κ2) is 3.81. The van der Waals surface area contributed by atoms with E-state index >= 15 is 0 Å². The maximum Gasteiger partial charge on any atom is 0.417 e. The Kier molecular flexibility index (Phi) is 2.65. The summed E-state index contributed by atoms with van der Waals surface area (Å²) in [7, 11) is 0. The van der Waals surface area contributed by atoms with Crippen molar-refractivity contribution in [3.8, 4) is 0 Å². The maximum atomic E-state index is 11.3. The Morgan fingerprint density at radius 1 is 1.27 bits per heavy atom. The van der Waals surface area contributed by atoms with Crippen LogP contribution < -0.4 is 5.32 Å². The summed E-state index contributed by atoms with van der Waals surface area (Å²) in [4.78, 5) is 23.5. The molecule has 2 heterocycles. The van der Waals surface area contributed by atoms with E-state index < -0.39 is 12.1 Å². The number of carbonyl (C=O) groups excluding carboxylic acids is 2. The number of esters is 1. The van der Waals surface area contributed by atoms with Gasteiger partial charge in [0.25, 0.3) is 0 Å². The molecule has 0 aromatic heterocycles. The zero-order valence-corrected chi connectivity index (χ0v) is 8.91. The van der Waals surface area contributed by atoms with Crippen LogP contribution in [-0.2, 0) is 9.53 Å². The molecule has 15 heavy (non-hydrogen) atoms. The predicted octanol–water partition coefficient (Wildman–Crippen LogP) is 0.355. The molecule has 1 spiro atoms. The van der Waals surface area contributed by atoms with Crippen molar-refractivity contribution in [2.75, 3.05) is 26.2 Å². The molecule has 0 unspecified atom stereocenters. The summed E-state index contributed by atoms with van der Waals surface area (Å²) in [5, 5.41) is 3.30. The monoisotopic (exact) mass is 212 g/mol. The van der Waals surface area contributed by atoms with E-state index in [9.17, 15) is 9.59 Å². The normalized spacial score (nSPS) is 23.4. The van der Waals surface area contributed by atoms with Gasteiger partial charge in [-0.25, -0.2) is 4.79 Å². The quantitative estimate of drug-likeness (QED) is 0.465. The molecule has 5 nitrogen and oxygen atoms in total. The third-order valence-corrected chi connectivity index (χ3v) is 3.21. The molecule has 1 amide bonds. The van der Waals surface area contributed by atoms with Gasteiger partial charge in [0.15, 0.2) is 0 Å². The lowest BCUT2D eigenvalue weighted by Crippen LogP contribution is -2.61. The highest BCUT2D eigenvalue weighted by Crippen LogP contribution is 2.38. The Morgan fingerprint density at radius 2 is 1.87 bits per heavy atom. The first-order valence-corrected chi connectivity index (χ1v) is 5.29. The first-order valence-electron chi connectivity index (χ1n) is 5.29. The van der Waals surface area contributed by atoms with Crippen LogP contribution in [0, 0.1) is 5.41 Å². The number of ether oxygens (including phenoxy) is 1. The number of hydrogen-bond acceptors (Lipinski definition) is 4. The number of nitrogens with zero attached hydrogens (tertiary/aromatic N) is 1. The number of carbonyl (C=O) groups is 2. The van der Waals surface area contributed by atoms with E-state index in [0.29, 0.717) is 5.41 Å². The number of likely N-dealkylation sites (tertiary alicyclic amines) is 1. The molecule has 2 saturated heterocycles. The van der Waals surface area contributed by atoms with E-state index in [1.165, 1.54) is 6.92 Å². The molecule has 0 radical (unpaired) electrons. The van der Waals surface area contributed by atoms with Crippen LogP contribution in [0.3, 0.4) is 0 Å². The van der Waals surface area contributed by atoms with Crippen LogP contribution in [0.2, 0.25) is 0 Å². The molecule has 0 atom stereocenters. The molecule has 0 aromatic carbocycles. The summed E-state index contributed by atoms with van der Waals surface area (Å²) in [6.07, 6.45) is 1.72. The van der Waals surface area contributed by atoms with Gasteiger partial charge >= 0.3 is 12.1 Å². The Morgan fingerprint density at radius 3 is 2.40 bits per heavy atom. The van der Waals surface area contributed by atoms with Crippen LogP contribution in [0.15, 0.2) is 0 Å². The van der Waals surface area contributed by atoms with Gasteiger partial charge in [-0.2, -0.15) is 0 Å². The van der Waals surface area contributed by atoms with Gasteiger partial charge in [-0.1, -0.05) is 0 Å². The fraction of sp³-hybridized carbons (Fsp3) is 0.800. The topological polar surface area (TPSA) is 58.6 Å². The molecule has 5 heteroatoms. The van der Waals surface area contributed by atoms with Gasteiger partial charge in [-0.3, -0.25) is 4.79 Å². The third-order valence-electron chi connectivity index (χ3n) is 3.21. The van der Waals surface area contributed by atoms with E-state index in [2.05, 4.69) is 10.1 Å². The smallest absolute Gasteiger partial charge is 0.376 e. The summed E-state index contributed by atoms with van der Waals surface area (Å²) in [5.74, 6) is -0.536. The molecule has 0 saturated carbocycles. The zero-order chi connectivity index (χ0) is 10.9. The molecule has 2 aliphatic heterocycles. The van der Waals surface area contributed by atoms with Gasteiger partial charge in [0.1, 0.15) is 0 Å². The number of nitrogens with one attached hydrogen (secondary N) is 1. The largest absolute Gasteiger partial charge is 0.417 e. The molecule has 2 rings (SSSR count). The molecular formula is C10H16N2O3. The maximum absolute atomic E-state index is 11.3. The Labute approximate surface area is 88.8 Å². The molecule has 2 fully saturated rings.